The van der Waals surface area contributed by atoms with Crippen LogP contribution >= 0.6 is 0 Å². The van der Waals surface area contributed by atoms with Crippen molar-refractivity contribution in [3.05, 3.63) is 29.8 Å². The molecule has 0 heterocycles. The molecule has 0 aliphatic heterocycles. The maximum atomic E-state index is 10.8. The van der Waals surface area contributed by atoms with E-state index >= 15 is 0 Å². The number of rotatable bonds is 4. The molecular weight excluding hydrogens is 231 g/mol. The molecule has 0 aromatic heterocycles. The minimum atomic E-state index is -1.03. The summed E-state index contributed by atoms with van der Waals surface area (Å²) in [4.78, 5) is 10.8. The van der Waals surface area contributed by atoms with Gasteiger partial charge in [-0.25, -0.2) is 0 Å². The van der Waals surface area contributed by atoms with Crippen molar-refractivity contribution in [2.75, 3.05) is 7.11 Å². The van der Waals surface area contributed by atoms with Gasteiger partial charge in [0.15, 0.2) is 0 Å². The standard InChI is InChI=1S/C12H16O3.K/c1-12(2,11(13)14)8-9-4-6-10(15-3)7-5-9;/h4-7H,8H2,1-3H3,(H,13,14);/q;+1/p-1. The van der Waals surface area contributed by atoms with Gasteiger partial charge in [-0.1, -0.05) is 26.0 Å². The van der Waals surface area contributed by atoms with Crippen LogP contribution in [0.4, 0.5) is 0 Å². The quantitative estimate of drug-likeness (QED) is 0.578. The second kappa shape index (κ2) is 6.76. The number of carboxylic acid groups (broad SMARTS) is 1. The molecule has 0 amide bonds. The summed E-state index contributed by atoms with van der Waals surface area (Å²) in [5.74, 6) is -0.261. The van der Waals surface area contributed by atoms with Crippen LogP contribution in [0.3, 0.4) is 0 Å². The van der Waals surface area contributed by atoms with Gasteiger partial charge in [0, 0.05) is 11.4 Å². The number of hydrogen-bond donors (Lipinski definition) is 0. The summed E-state index contributed by atoms with van der Waals surface area (Å²) in [5.41, 5.74) is 0.124. The Balaban J connectivity index is 0.00000225. The van der Waals surface area contributed by atoms with Gasteiger partial charge >= 0.3 is 51.4 Å². The Morgan fingerprint density at radius 2 is 1.81 bits per heavy atom. The fraction of sp³-hybridized carbons (Fsp3) is 0.417. The van der Waals surface area contributed by atoms with E-state index < -0.39 is 11.4 Å². The van der Waals surface area contributed by atoms with Gasteiger partial charge < -0.3 is 14.6 Å². The second-order valence-electron chi connectivity index (χ2n) is 4.20. The van der Waals surface area contributed by atoms with E-state index in [4.69, 9.17) is 4.74 Å². The number of methoxy groups -OCH3 is 1. The van der Waals surface area contributed by atoms with Crippen molar-refractivity contribution in [2.24, 2.45) is 5.41 Å². The average Bonchev–Trinajstić information content (AvgIpc) is 2.18. The summed E-state index contributed by atoms with van der Waals surface area (Å²) in [6.45, 7) is 3.32. The van der Waals surface area contributed by atoms with Crippen LogP contribution in [0.5, 0.6) is 5.75 Å². The van der Waals surface area contributed by atoms with Crippen molar-refractivity contribution in [3.8, 4) is 5.75 Å². The molecule has 0 bridgehead atoms. The smallest absolute Gasteiger partial charge is 0.550 e. The predicted molar refractivity (Wildman–Crippen MR) is 55.5 cm³/mol. The molecule has 82 valence electrons. The summed E-state index contributed by atoms with van der Waals surface area (Å²) >= 11 is 0. The molecule has 3 nitrogen and oxygen atoms in total. The molecule has 1 aromatic carbocycles. The third kappa shape index (κ3) is 4.55. The molecule has 0 fully saturated rings. The van der Waals surface area contributed by atoms with Crippen molar-refractivity contribution < 1.29 is 66.0 Å². The summed E-state index contributed by atoms with van der Waals surface area (Å²) in [7, 11) is 1.60. The predicted octanol–water partition coefficient (Wildman–Crippen LogP) is -1.98. The van der Waals surface area contributed by atoms with E-state index in [9.17, 15) is 9.90 Å². The summed E-state index contributed by atoms with van der Waals surface area (Å²) in [6.07, 6.45) is 0.458. The molecular formula is C12H15KO3. The molecule has 0 N–H and O–H groups in total. The second-order valence-corrected chi connectivity index (χ2v) is 4.20. The average molecular weight is 246 g/mol. The van der Waals surface area contributed by atoms with Crippen molar-refractivity contribution in [1.82, 2.24) is 0 Å². The Bertz CT molecular complexity index is 344. The first-order chi connectivity index (χ1) is 6.95. The number of carboxylic acids is 1. The molecule has 4 heteroatoms. The van der Waals surface area contributed by atoms with Crippen molar-refractivity contribution in [1.29, 1.82) is 0 Å². The van der Waals surface area contributed by atoms with Gasteiger partial charge in [-0.05, 0) is 24.1 Å². The summed E-state index contributed by atoms with van der Waals surface area (Å²) < 4.78 is 5.02. The van der Waals surface area contributed by atoms with Crippen LogP contribution in [0.2, 0.25) is 0 Å². The molecule has 0 saturated carbocycles. The van der Waals surface area contributed by atoms with E-state index in [-0.39, 0.29) is 51.4 Å². The Labute approximate surface area is 139 Å². The molecule has 0 atom stereocenters. The Morgan fingerprint density at radius 3 is 2.19 bits per heavy atom. The van der Waals surface area contributed by atoms with E-state index in [0.29, 0.717) is 6.42 Å². The first-order valence-corrected chi connectivity index (χ1v) is 4.80. The van der Waals surface area contributed by atoms with E-state index in [2.05, 4.69) is 0 Å². The minimum Gasteiger partial charge on any atom is -0.550 e. The van der Waals surface area contributed by atoms with E-state index in [1.807, 2.05) is 24.3 Å². The van der Waals surface area contributed by atoms with Gasteiger partial charge in [0.05, 0.1) is 7.11 Å². The van der Waals surface area contributed by atoms with Gasteiger partial charge in [-0.3, -0.25) is 0 Å². The first kappa shape index (κ1) is 16.1. The molecule has 0 radical (unpaired) electrons. The number of carbonyl (C=O) groups is 1. The number of hydrogen-bond acceptors (Lipinski definition) is 3. The van der Waals surface area contributed by atoms with Crippen LogP contribution in [0.15, 0.2) is 24.3 Å². The maximum Gasteiger partial charge on any atom is 1.00 e. The van der Waals surface area contributed by atoms with Crippen LogP contribution in [-0.4, -0.2) is 13.1 Å². The molecule has 1 rings (SSSR count). The molecule has 0 aliphatic rings. The Hall–Kier alpha value is 0.126. The van der Waals surface area contributed by atoms with Gasteiger partial charge in [-0.2, -0.15) is 0 Å². The zero-order valence-electron chi connectivity index (χ0n) is 10.2. The molecule has 0 unspecified atom stereocenters. The molecule has 16 heavy (non-hydrogen) atoms. The summed E-state index contributed by atoms with van der Waals surface area (Å²) in [6, 6.07) is 7.37. The fourth-order valence-electron chi connectivity index (χ4n) is 1.33. The summed E-state index contributed by atoms with van der Waals surface area (Å²) in [5, 5.41) is 10.8. The molecule has 0 spiro atoms. The van der Waals surface area contributed by atoms with Crippen LogP contribution in [0.1, 0.15) is 19.4 Å². The molecule has 0 aliphatic carbocycles. The minimum absolute atomic E-state index is 0. The fourth-order valence-corrected chi connectivity index (χ4v) is 1.33. The van der Waals surface area contributed by atoms with Crippen LogP contribution in [0.25, 0.3) is 0 Å². The number of carbonyl (C=O) groups excluding carboxylic acids is 1. The van der Waals surface area contributed by atoms with Gasteiger partial charge in [0.25, 0.3) is 0 Å². The Kier molecular flexibility index (Phi) is 6.82. The van der Waals surface area contributed by atoms with E-state index in [1.54, 1.807) is 21.0 Å². The van der Waals surface area contributed by atoms with Crippen LogP contribution in [-0.2, 0) is 11.2 Å². The third-order valence-electron chi connectivity index (χ3n) is 2.36. The normalized spacial score (nSPS) is 10.4. The Morgan fingerprint density at radius 1 is 1.31 bits per heavy atom. The molecule has 1 aromatic rings. The van der Waals surface area contributed by atoms with E-state index in [1.165, 1.54) is 0 Å². The number of aliphatic carboxylic acids is 1. The third-order valence-corrected chi connectivity index (χ3v) is 2.36. The number of benzene rings is 1. The van der Waals surface area contributed by atoms with Gasteiger partial charge in [-0.15, -0.1) is 0 Å². The van der Waals surface area contributed by atoms with Gasteiger partial charge in [0.1, 0.15) is 5.75 Å². The van der Waals surface area contributed by atoms with E-state index in [0.717, 1.165) is 11.3 Å². The first-order valence-electron chi connectivity index (χ1n) is 4.80. The van der Waals surface area contributed by atoms with Crippen molar-refractivity contribution in [3.63, 3.8) is 0 Å². The van der Waals surface area contributed by atoms with Crippen LogP contribution < -0.4 is 61.2 Å². The monoisotopic (exact) mass is 246 g/mol. The maximum absolute atomic E-state index is 10.8. The van der Waals surface area contributed by atoms with Crippen molar-refractivity contribution >= 4 is 5.97 Å². The zero-order valence-corrected chi connectivity index (χ0v) is 13.4. The topological polar surface area (TPSA) is 49.4 Å². The van der Waals surface area contributed by atoms with Crippen LogP contribution in [0, 0.1) is 5.41 Å². The largest absolute Gasteiger partial charge is 1.00 e. The molecule has 0 saturated heterocycles. The van der Waals surface area contributed by atoms with Gasteiger partial charge in [0.2, 0.25) is 0 Å². The zero-order chi connectivity index (χ0) is 11.5. The SMILES string of the molecule is COc1ccc(CC(C)(C)C(=O)[O-])cc1.[K+]. The van der Waals surface area contributed by atoms with Crippen molar-refractivity contribution in [2.45, 2.75) is 20.3 Å². The number of ether oxygens (including phenoxy) is 1.